The molecular formula is C15H12N4OS. The maximum atomic E-state index is 8.84. The van der Waals surface area contributed by atoms with Crippen LogP contribution in [0, 0.1) is 11.3 Å². The number of rotatable bonds is 4. The number of aromatic amines is 1. The van der Waals surface area contributed by atoms with E-state index in [4.69, 9.17) is 10.00 Å². The fraction of sp³-hybridized carbons (Fsp3) is 0.133. The van der Waals surface area contributed by atoms with Crippen molar-refractivity contribution in [2.24, 2.45) is 0 Å². The molecule has 0 saturated heterocycles. The summed E-state index contributed by atoms with van der Waals surface area (Å²) >= 11 is 1.59. The van der Waals surface area contributed by atoms with E-state index in [1.165, 1.54) is 0 Å². The highest BCUT2D eigenvalue weighted by Crippen LogP contribution is 2.25. The fourth-order valence-electron chi connectivity index (χ4n) is 1.94. The highest BCUT2D eigenvalue weighted by molar-refractivity contribution is 7.98. The average molecular weight is 296 g/mol. The van der Waals surface area contributed by atoms with Gasteiger partial charge in [0.15, 0.2) is 5.16 Å². The van der Waals surface area contributed by atoms with Gasteiger partial charge in [0.1, 0.15) is 17.5 Å². The molecule has 0 aliphatic heterocycles. The third-order valence-electron chi connectivity index (χ3n) is 2.98. The number of nitriles is 1. The highest BCUT2D eigenvalue weighted by atomic mass is 32.2. The van der Waals surface area contributed by atoms with Gasteiger partial charge in [-0.15, -0.1) is 0 Å². The van der Waals surface area contributed by atoms with E-state index < -0.39 is 0 Å². The number of thioether (sulfide) groups is 1. The largest absolute Gasteiger partial charge is 0.497 e. The molecule has 0 aliphatic carbocycles. The highest BCUT2D eigenvalue weighted by Gasteiger charge is 2.05. The first-order valence-corrected chi connectivity index (χ1v) is 7.28. The van der Waals surface area contributed by atoms with E-state index in [0.29, 0.717) is 5.69 Å². The lowest BCUT2D eigenvalue weighted by Crippen LogP contribution is -1.86. The van der Waals surface area contributed by atoms with E-state index in [0.717, 1.165) is 33.3 Å². The van der Waals surface area contributed by atoms with E-state index >= 15 is 0 Å². The van der Waals surface area contributed by atoms with Crippen molar-refractivity contribution in [2.45, 2.75) is 10.9 Å². The predicted octanol–water partition coefficient (Wildman–Crippen LogP) is 3.13. The Balaban J connectivity index is 1.77. The molecule has 6 heteroatoms. The number of ether oxygens (including phenoxy) is 1. The molecule has 0 amide bonds. The second kappa shape index (κ2) is 5.85. The fourth-order valence-corrected chi connectivity index (χ4v) is 2.77. The monoisotopic (exact) mass is 296 g/mol. The number of aromatic nitrogens is 3. The van der Waals surface area contributed by atoms with E-state index in [1.54, 1.807) is 31.1 Å². The number of nitrogens with zero attached hydrogens (tertiary/aromatic N) is 3. The molecule has 0 unspecified atom stereocenters. The van der Waals surface area contributed by atoms with Gasteiger partial charge in [0.05, 0.1) is 18.1 Å². The molecule has 3 aromatic rings. The summed E-state index contributed by atoms with van der Waals surface area (Å²) in [6.07, 6.45) is 1.65. The van der Waals surface area contributed by atoms with Crippen molar-refractivity contribution in [3.8, 4) is 11.8 Å². The zero-order chi connectivity index (χ0) is 14.7. The van der Waals surface area contributed by atoms with Crippen molar-refractivity contribution in [1.82, 2.24) is 15.0 Å². The van der Waals surface area contributed by atoms with Crippen LogP contribution in [0.1, 0.15) is 11.3 Å². The summed E-state index contributed by atoms with van der Waals surface area (Å²) in [6, 6.07) is 11.5. The van der Waals surface area contributed by atoms with Crippen LogP contribution in [0.25, 0.3) is 11.0 Å². The Morgan fingerprint density at radius 2 is 2.24 bits per heavy atom. The minimum absolute atomic E-state index is 0.433. The summed E-state index contributed by atoms with van der Waals surface area (Å²) < 4.78 is 5.19. The topological polar surface area (TPSA) is 74.6 Å². The van der Waals surface area contributed by atoms with Crippen LogP contribution >= 0.6 is 11.8 Å². The molecule has 2 heterocycles. The minimum atomic E-state index is 0.433. The molecule has 0 radical (unpaired) electrons. The van der Waals surface area contributed by atoms with Gasteiger partial charge in [-0.3, -0.25) is 0 Å². The Morgan fingerprint density at radius 1 is 1.33 bits per heavy atom. The Hall–Kier alpha value is -2.52. The molecule has 5 nitrogen and oxygen atoms in total. The van der Waals surface area contributed by atoms with Crippen molar-refractivity contribution in [3.63, 3.8) is 0 Å². The standard InChI is InChI=1S/C15H12N4OS/c1-20-12-2-3-13-14(7-12)19-15(18-13)21-9-10-4-5-17-11(6-10)8-16/h2-7H,9H2,1H3,(H,18,19). The first-order chi connectivity index (χ1) is 10.3. The lowest BCUT2D eigenvalue weighted by molar-refractivity contribution is 0.415. The maximum absolute atomic E-state index is 8.84. The van der Waals surface area contributed by atoms with Crippen molar-refractivity contribution < 1.29 is 4.74 Å². The molecule has 0 aliphatic rings. The van der Waals surface area contributed by atoms with Gasteiger partial charge in [0.25, 0.3) is 0 Å². The maximum Gasteiger partial charge on any atom is 0.166 e. The van der Waals surface area contributed by atoms with Crippen LogP contribution in [-0.2, 0) is 5.75 Å². The second-order valence-corrected chi connectivity index (χ2v) is 5.34. The molecule has 0 saturated carbocycles. The van der Waals surface area contributed by atoms with Crippen molar-refractivity contribution in [2.75, 3.05) is 7.11 Å². The third-order valence-corrected chi connectivity index (χ3v) is 3.93. The van der Waals surface area contributed by atoms with Crippen LogP contribution in [0.4, 0.5) is 0 Å². The average Bonchev–Trinajstić information content (AvgIpc) is 2.95. The number of hydrogen-bond acceptors (Lipinski definition) is 5. The summed E-state index contributed by atoms with van der Waals surface area (Å²) in [4.78, 5) is 11.7. The zero-order valence-electron chi connectivity index (χ0n) is 11.3. The summed E-state index contributed by atoms with van der Waals surface area (Å²) in [5, 5.41) is 9.68. The molecule has 0 atom stereocenters. The van der Waals surface area contributed by atoms with Gasteiger partial charge < -0.3 is 9.72 Å². The third kappa shape index (κ3) is 2.98. The summed E-state index contributed by atoms with van der Waals surface area (Å²) in [5.41, 5.74) is 3.34. The molecule has 3 rings (SSSR count). The Labute approximate surface area is 126 Å². The summed E-state index contributed by atoms with van der Waals surface area (Å²) in [5.74, 6) is 1.53. The van der Waals surface area contributed by atoms with Crippen molar-refractivity contribution in [3.05, 3.63) is 47.8 Å². The van der Waals surface area contributed by atoms with Gasteiger partial charge in [0, 0.05) is 18.0 Å². The van der Waals surface area contributed by atoms with E-state index in [-0.39, 0.29) is 0 Å². The molecule has 1 aromatic carbocycles. The SMILES string of the molecule is COc1ccc2nc(SCc3ccnc(C#N)c3)[nH]c2c1. The summed E-state index contributed by atoms with van der Waals surface area (Å²) in [7, 11) is 1.64. The van der Waals surface area contributed by atoms with Gasteiger partial charge in [-0.25, -0.2) is 9.97 Å². The minimum Gasteiger partial charge on any atom is -0.497 e. The first-order valence-electron chi connectivity index (χ1n) is 6.30. The number of fused-ring (bicyclic) bond motifs is 1. The zero-order valence-corrected chi connectivity index (χ0v) is 12.1. The van der Waals surface area contributed by atoms with Gasteiger partial charge in [-0.05, 0) is 29.8 Å². The molecule has 0 bridgehead atoms. The summed E-state index contributed by atoms with van der Waals surface area (Å²) in [6.45, 7) is 0. The number of nitrogens with one attached hydrogen (secondary N) is 1. The Bertz CT molecular complexity index is 822. The van der Waals surface area contributed by atoms with Crippen LogP contribution in [-0.4, -0.2) is 22.1 Å². The van der Waals surface area contributed by atoms with Crippen LogP contribution in [0.2, 0.25) is 0 Å². The Kier molecular flexibility index (Phi) is 3.75. The molecule has 2 aromatic heterocycles. The Morgan fingerprint density at radius 3 is 3.05 bits per heavy atom. The number of hydrogen-bond donors (Lipinski definition) is 1. The lowest BCUT2D eigenvalue weighted by Gasteiger charge is -1.98. The van der Waals surface area contributed by atoms with Crippen molar-refractivity contribution in [1.29, 1.82) is 5.26 Å². The number of pyridine rings is 1. The molecule has 104 valence electrons. The van der Waals surface area contributed by atoms with Gasteiger partial charge in [0.2, 0.25) is 0 Å². The number of benzene rings is 1. The first kappa shape index (κ1) is 13.5. The molecule has 0 spiro atoms. The number of methoxy groups -OCH3 is 1. The normalized spacial score (nSPS) is 10.5. The molecule has 1 N–H and O–H groups in total. The molecule has 21 heavy (non-hydrogen) atoms. The van der Waals surface area contributed by atoms with Crippen LogP contribution in [0.15, 0.2) is 41.7 Å². The second-order valence-electron chi connectivity index (χ2n) is 4.37. The molecule has 0 fully saturated rings. The smallest absolute Gasteiger partial charge is 0.166 e. The lowest BCUT2D eigenvalue weighted by atomic mass is 10.2. The van der Waals surface area contributed by atoms with Crippen LogP contribution < -0.4 is 4.74 Å². The van der Waals surface area contributed by atoms with Gasteiger partial charge >= 0.3 is 0 Å². The quantitative estimate of drug-likeness (QED) is 0.749. The number of imidazole rings is 1. The van der Waals surface area contributed by atoms with E-state index in [1.807, 2.05) is 30.3 Å². The van der Waals surface area contributed by atoms with Crippen molar-refractivity contribution >= 4 is 22.8 Å². The van der Waals surface area contributed by atoms with Crippen LogP contribution in [0.5, 0.6) is 5.75 Å². The van der Waals surface area contributed by atoms with Crippen LogP contribution in [0.3, 0.4) is 0 Å². The predicted molar refractivity (Wildman–Crippen MR) is 81.2 cm³/mol. The van der Waals surface area contributed by atoms with Gasteiger partial charge in [-0.2, -0.15) is 5.26 Å². The van der Waals surface area contributed by atoms with E-state index in [9.17, 15) is 0 Å². The van der Waals surface area contributed by atoms with E-state index in [2.05, 4.69) is 15.0 Å². The molecular weight excluding hydrogens is 284 g/mol. The van der Waals surface area contributed by atoms with Gasteiger partial charge in [-0.1, -0.05) is 11.8 Å². The number of H-pyrrole nitrogens is 1.